The van der Waals surface area contributed by atoms with Gasteiger partial charge in [-0.25, -0.2) is 14.5 Å². The monoisotopic (exact) mass is 433 g/mol. The molecule has 0 saturated heterocycles. The van der Waals surface area contributed by atoms with Gasteiger partial charge in [0.25, 0.3) is 0 Å². The van der Waals surface area contributed by atoms with Gasteiger partial charge in [-0.3, -0.25) is 4.98 Å². The van der Waals surface area contributed by atoms with Crippen molar-refractivity contribution in [1.82, 2.24) is 34.4 Å². The number of nitrogens with zero attached hydrogens (tertiary/aromatic N) is 6. The first-order chi connectivity index (χ1) is 16.1. The molecule has 162 valence electrons. The first kappa shape index (κ1) is 21.1. The van der Waals surface area contributed by atoms with Gasteiger partial charge in [-0.15, -0.1) is 0 Å². The van der Waals surface area contributed by atoms with E-state index in [0.29, 0.717) is 13.1 Å². The molecule has 0 spiro atoms. The van der Waals surface area contributed by atoms with Gasteiger partial charge in [0.1, 0.15) is 12.2 Å². The molecule has 8 heteroatoms. The van der Waals surface area contributed by atoms with Gasteiger partial charge in [0.2, 0.25) is 0 Å². The molecule has 1 aromatic carbocycles. The maximum absolute atomic E-state index is 6.42. The Labute approximate surface area is 194 Å². The second-order valence-electron chi connectivity index (χ2n) is 8.08. The van der Waals surface area contributed by atoms with Crippen LogP contribution in [0.1, 0.15) is 29.6 Å². The molecular formula is C25H24BN7. The molecule has 0 saturated carbocycles. The van der Waals surface area contributed by atoms with Gasteiger partial charge in [0, 0.05) is 30.5 Å². The second-order valence-corrected chi connectivity index (χ2v) is 8.08. The molecule has 4 heterocycles. The molecule has 0 unspecified atom stereocenters. The average molecular weight is 433 g/mol. The van der Waals surface area contributed by atoms with Crippen molar-refractivity contribution in [2.75, 3.05) is 0 Å². The van der Waals surface area contributed by atoms with Crippen molar-refractivity contribution < 1.29 is 0 Å². The van der Waals surface area contributed by atoms with Crippen LogP contribution in [0.4, 0.5) is 0 Å². The molecule has 0 amide bonds. The number of hydrogen-bond donors (Lipinski definition) is 1. The number of nitrogens with one attached hydrogen (secondary N) is 1. The van der Waals surface area contributed by atoms with E-state index in [1.54, 1.807) is 15.7 Å². The van der Waals surface area contributed by atoms with Crippen molar-refractivity contribution in [3.8, 4) is 22.6 Å². The molecule has 0 bridgehead atoms. The smallest absolute Gasteiger partial charge is 0.183 e. The Bertz CT molecular complexity index is 1400. The largest absolute Gasteiger partial charge is 0.344 e. The van der Waals surface area contributed by atoms with Gasteiger partial charge >= 0.3 is 0 Å². The van der Waals surface area contributed by atoms with E-state index in [4.69, 9.17) is 17.9 Å². The standard InChI is InChI=1S/C25H24BN7/c1-3-18-8-4-5-9-19(18)13-32(26)15-22-30-24(20-11-12-23-27-16-28-33(23)14-20)25(31-22)21-10-6-7-17(2)29-21/h4-12,14,16H,3,13,15H2,1-2H3,(H,30,31). The lowest BCUT2D eigenvalue weighted by Gasteiger charge is -2.18. The highest BCUT2D eigenvalue weighted by molar-refractivity contribution is 6.04. The minimum Gasteiger partial charge on any atom is -0.344 e. The summed E-state index contributed by atoms with van der Waals surface area (Å²) < 4.78 is 1.74. The first-order valence-electron chi connectivity index (χ1n) is 11.0. The molecule has 1 N–H and O–H groups in total. The zero-order valence-electron chi connectivity index (χ0n) is 18.7. The van der Waals surface area contributed by atoms with Crippen LogP contribution in [0.25, 0.3) is 28.3 Å². The number of hydrogen-bond acceptors (Lipinski definition) is 5. The maximum atomic E-state index is 6.42. The summed E-state index contributed by atoms with van der Waals surface area (Å²) in [5, 5.41) is 4.26. The zero-order chi connectivity index (χ0) is 22.8. The number of benzene rings is 1. The molecule has 0 aliphatic heterocycles. The van der Waals surface area contributed by atoms with E-state index in [9.17, 15) is 0 Å². The summed E-state index contributed by atoms with van der Waals surface area (Å²) in [7, 11) is 6.42. The Balaban J connectivity index is 1.50. The van der Waals surface area contributed by atoms with Crippen LogP contribution in [-0.4, -0.2) is 42.3 Å². The Morgan fingerprint density at radius 2 is 1.82 bits per heavy atom. The molecule has 33 heavy (non-hydrogen) atoms. The van der Waals surface area contributed by atoms with Crippen molar-refractivity contribution in [2.24, 2.45) is 0 Å². The van der Waals surface area contributed by atoms with Gasteiger partial charge in [0.15, 0.2) is 13.6 Å². The van der Waals surface area contributed by atoms with E-state index in [1.807, 2.05) is 43.5 Å². The fraction of sp³-hybridized carbons (Fsp3) is 0.200. The van der Waals surface area contributed by atoms with Crippen molar-refractivity contribution in [3.63, 3.8) is 0 Å². The van der Waals surface area contributed by atoms with Gasteiger partial charge in [0.05, 0.1) is 17.1 Å². The Morgan fingerprint density at radius 1 is 0.970 bits per heavy atom. The van der Waals surface area contributed by atoms with Crippen LogP contribution in [0.15, 0.2) is 67.1 Å². The van der Waals surface area contributed by atoms with E-state index in [-0.39, 0.29) is 0 Å². The zero-order valence-corrected chi connectivity index (χ0v) is 18.7. The minimum atomic E-state index is 0.475. The summed E-state index contributed by atoms with van der Waals surface area (Å²) in [5.74, 6) is 0.776. The van der Waals surface area contributed by atoms with Crippen molar-refractivity contribution in [3.05, 3.63) is 89.8 Å². The van der Waals surface area contributed by atoms with E-state index in [1.165, 1.54) is 11.1 Å². The number of aryl methyl sites for hydroxylation is 2. The summed E-state index contributed by atoms with van der Waals surface area (Å²) in [5.41, 5.74) is 7.69. The Kier molecular flexibility index (Phi) is 5.75. The number of H-pyrrole nitrogens is 1. The average Bonchev–Trinajstić information content (AvgIpc) is 3.46. The molecule has 0 aliphatic carbocycles. The van der Waals surface area contributed by atoms with Crippen LogP contribution in [0, 0.1) is 6.92 Å². The SMILES string of the molecule is [B]N(Cc1nc(-c2ccc3ncnn3c2)c(-c2cccc(C)n2)[nH]1)Cc1ccccc1CC. The van der Waals surface area contributed by atoms with Crippen molar-refractivity contribution in [2.45, 2.75) is 33.4 Å². The minimum absolute atomic E-state index is 0.475. The van der Waals surface area contributed by atoms with Gasteiger partial charge in [-0.2, -0.15) is 5.10 Å². The van der Waals surface area contributed by atoms with Gasteiger partial charge in [-0.05, 0) is 48.7 Å². The number of aromatic amines is 1. The molecule has 0 aliphatic rings. The van der Waals surface area contributed by atoms with Crippen LogP contribution in [-0.2, 0) is 19.5 Å². The van der Waals surface area contributed by atoms with Crippen LogP contribution >= 0.6 is 0 Å². The van der Waals surface area contributed by atoms with E-state index >= 15 is 0 Å². The van der Waals surface area contributed by atoms with Crippen LogP contribution in [0.3, 0.4) is 0 Å². The molecule has 0 atom stereocenters. The lowest BCUT2D eigenvalue weighted by atomic mass is 10.0. The third kappa shape index (κ3) is 4.43. The molecule has 0 fully saturated rings. The fourth-order valence-corrected chi connectivity index (χ4v) is 4.05. The lowest BCUT2D eigenvalue weighted by molar-refractivity contribution is 0.431. The van der Waals surface area contributed by atoms with E-state index in [2.05, 4.69) is 46.3 Å². The third-order valence-corrected chi connectivity index (χ3v) is 5.67. The predicted octanol–water partition coefficient (Wildman–Crippen LogP) is 4.14. The van der Waals surface area contributed by atoms with Crippen LogP contribution < -0.4 is 0 Å². The normalized spacial score (nSPS) is 11.5. The second kappa shape index (κ2) is 9.00. The van der Waals surface area contributed by atoms with Gasteiger partial charge < -0.3 is 9.79 Å². The van der Waals surface area contributed by atoms with E-state index < -0.39 is 0 Å². The highest BCUT2D eigenvalue weighted by Gasteiger charge is 2.17. The third-order valence-electron chi connectivity index (χ3n) is 5.67. The van der Waals surface area contributed by atoms with Crippen molar-refractivity contribution in [1.29, 1.82) is 0 Å². The quantitative estimate of drug-likeness (QED) is 0.391. The summed E-state index contributed by atoms with van der Waals surface area (Å²) in [6, 6.07) is 18.3. The maximum Gasteiger partial charge on any atom is 0.183 e. The number of rotatable bonds is 7. The Hall–Kier alpha value is -3.78. The van der Waals surface area contributed by atoms with Crippen LogP contribution in [0.2, 0.25) is 0 Å². The van der Waals surface area contributed by atoms with E-state index in [0.717, 1.165) is 46.2 Å². The molecule has 5 aromatic rings. The lowest BCUT2D eigenvalue weighted by Crippen LogP contribution is -2.20. The molecule has 5 rings (SSSR count). The fourth-order valence-electron chi connectivity index (χ4n) is 4.05. The summed E-state index contributed by atoms with van der Waals surface area (Å²) in [6.45, 7) is 5.26. The summed E-state index contributed by atoms with van der Waals surface area (Å²) in [6.07, 6.45) is 4.45. The molecule has 2 radical (unpaired) electrons. The number of imidazole rings is 1. The number of fused-ring (bicyclic) bond motifs is 1. The van der Waals surface area contributed by atoms with Gasteiger partial charge in [-0.1, -0.05) is 37.3 Å². The first-order valence-corrected chi connectivity index (χ1v) is 11.0. The topological polar surface area (TPSA) is 75.0 Å². The summed E-state index contributed by atoms with van der Waals surface area (Å²) >= 11 is 0. The molecule has 4 aromatic heterocycles. The predicted molar refractivity (Wildman–Crippen MR) is 129 cm³/mol. The molecular weight excluding hydrogens is 409 g/mol. The summed E-state index contributed by atoms with van der Waals surface area (Å²) in [4.78, 5) is 19.1. The number of aromatic nitrogens is 6. The highest BCUT2D eigenvalue weighted by atomic mass is 15.3. The number of pyridine rings is 2. The van der Waals surface area contributed by atoms with Crippen LogP contribution in [0.5, 0.6) is 0 Å². The van der Waals surface area contributed by atoms with Crippen molar-refractivity contribution >= 4 is 13.6 Å². The Morgan fingerprint density at radius 3 is 2.64 bits per heavy atom. The highest BCUT2D eigenvalue weighted by Crippen LogP contribution is 2.30. The molecule has 7 nitrogen and oxygen atoms in total.